The number of rotatable bonds is 3. The Morgan fingerprint density at radius 2 is 2.38 bits per heavy atom. The summed E-state index contributed by atoms with van der Waals surface area (Å²) in [4.78, 5) is 0. The molecule has 0 atom stereocenters. The van der Waals surface area contributed by atoms with Crippen LogP contribution in [0.5, 0.6) is 0 Å². The predicted octanol–water partition coefficient (Wildman–Crippen LogP) is 1.37. The molecule has 0 aromatic carbocycles. The third kappa shape index (κ3) is 1.75. The van der Waals surface area contributed by atoms with Crippen LogP contribution in [0.3, 0.4) is 0 Å². The van der Waals surface area contributed by atoms with E-state index in [-0.39, 0.29) is 0 Å². The average molecular weight is 179 g/mol. The standard InChI is InChI=1S/C10H17N3/c1-8-9(7-12-13(8)2)6-11-10-4-3-5-10/h7,10-11H,3-6H2,1-2H3. The highest BCUT2D eigenvalue weighted by molar-refractivity contribution is 5.15. The van der Waals surface area contributed by atoms with E-state index in [2.05, 4.69) is 17.3 Å². The third-order valence-corrected chi connectivity index (χ3v) is 3.02. The highest BCUT2D eigenvalue weighted by Crippen LogP contribution is 2.18. The molecule has 13 heavy (non-hydrogen) atoms. The van der Waals surface area contributed by atoms with Crippen molar-refractivity contribution in [1.29, 1.82) is 0 Å². The molecule has 1 fully saturated rings. The predicted molar refractivity (Wildman–Crippen MR) is 52.4 cm³/mol. The van der Waals surface area contributed by atoms with Gasteiger partial charge in [-0.3, -0.25) is 4.68 Å². The van der Waals surface area contributed by atoms with E-state index < -0.39 is 0 Å². The lowest BCUT2D eigenvalue weighted by Gasteiger charge is -2.26. The first-order chi connectivity index (χ1) is 6.27. The van der Waals surface area contributed by atoms with Gasteiger partial charge in [-0.1, -0.05) is 6.42 Å². The molecule has 0 radical (unpaired) electrons. The zero-order chi connectivity index (χ0) is 9.26. The van der Waals surface area contributed by atoms with Crippen molar-refractivity contribution in [1.82, 2.24) is 15.1 Å². The molecule has 1 N–H and O–H groups in total. The molecule has 1 aromatic heterocycles. The molecule has 1 aromatic rings. The summed E-state index contributed by atoms with van der Waals surface area (Å²) in [7, 11) is 1.99. The maximum atomic E-state index is 4.21. The van der Waals surface area contributed by atoms with E-state index in [0.29, 0.717) is 0 Å². The molecule has 3 heteroatoms. The van der Waals surface area contributed by atoms with Gasteiger partial charge < -0.3 is 5.32 Å². The van der Waals surface area contributed by atoms with Crippen LogP contribution in [0.4, 0.5) is 0 Å². The van der Waals surface area contributed by atoms with E-state index in [1.54, 1.807) is 0 Å². The van der Waals surface area contributed by atoms with Crippen LogP contribution in [-0.2, 0) is 13.6 Å². The number of nitrogens with one attached hydrogen (secondary N) is 1. The third-order valence-electron chi connectivity index (χ3n) is 3.02. The molecule has 1 saturated carbocycles. The fourth-order valence-electron chi connectivity index (χ4n) is 1.58. The summed E-state index contributed by atoms with van der Waals surface area (Å²) in [6.07, 6.45) is 6.04. The Morgan fingerprint density at radius 1 is 1.62 bits per heavy atom. The van der Waals surface area contributed by atoms with Crippen molar-refractivity contribution in [2.24, 2.45) is 7.05 Å². The second-order valence-corrected chi connectivity index (χ2v) is 3.89. The summed E-state index contributed by atoms with van der Waals surface area (Å²) in [6, 6.07) is 0.764. The van der Waals surface area contributed by atoms with Gasteiger partial charge >= 0.3 is 0 Å². The molecule has 3 nitrogen and oxygen atoms in total. The first kappa shape index (κ1) is 8.75. The van der Waals surface area contributed by atoms with Gasteiger partial charge in [0.1, 0.15) is 0 Å². The molecular formula is C10H17N3. The smallest absolute Gasteiger partial charge is 0.0537 e. The first-order valence-corrected chi connectivity index (χ1v) is 4.98. The lowest BCUT2D eigenvalue weighted by Crippen LogP contribution is -2.34. The van der Waals surface area contributed by atoms with Crippen LogP contribution < -0.4 is 5.32 Å². The second kappa shape index (κ2) is 3.50. The topological polar surface area (TPSA) is 29.9 Å². The van der Waals surface area contributed by atoms with E-state index in [0.717, 1.165) is 12.6 Å². The van der Waals surface area contributed by atoms with Crippen molar-refractivity contribution in [3.63, 3.8) is 0 Å². The van der Waals surface area contributed by atoms with Gasteiger partial charge in [0, 0.05) is 30.9 Å². The fourth-order valence-corrected chi connectivity index (χ4v) is 1.58. The summed E-state index contributed by atoms with van der Waals surface area (Å²) >= 11 is 0. The van der Waals surface area contributed by atoms with E-state index in [1.165, 1.54) is 30.5 Å². The summed E-state index contributed by atoms with van der Waals surface area (Å²) in [5.41, 5.74) is 2.60. The van der Waals surface area contributed by atoms with Crippen LogP contribution >= 0.6 is 0 Å². The highest BCUT2D eigenvalue weighted by Gasteiger charge is 2.16. The Hall–Kier alpha value is -0.830. The van der Waals surface area contributed by atoms with Gasteiger partial charge in [-0.05, 0) is 19.8 Å². The summed E-state index contributed by atoms with van der Waals surface area (Å²) in [5, 5.41) is 7.75. The highest BCUT2D eigenvalue weighted by atomic mass is 15.3. The molecule has 0 saturated heterocycles. The van der Waals surface area contributed by atoms with Gasteiger partial charge in [0.25, 0.3) is 0 Å². The normalized spacial score (nSPS) is 17.4. The van der Waals surface area contributed by atoms with Crippen molar-refractivity contribution in [3.8, 4) is 0 Å². The average Bonchev–Trinajstić information content (AvgIpc) is 2.33. The molecular weight excluding hydrogens is 162 g/mol. The summed E-state index contributed by atoms with van der Waals surface area (Å²) in [5.74, 6) is 0. The largest absolute Gasteiger partial charge is 0.310 e. The van der Waals surface area contributed by atoms with Crippen LogP contribution in [-0.4, -0.2) is 15.8 Å². The quantitative estimate of drug-likeness (QED) is 0.759. The molecule has 0 aliphatic heterocycles. The van der Waals surface area contributed by atoms with Crippen LogP contribution in [0.15, 0.2) is 6.20 Å². The minimum Gasteiger partial charge on any atom is -0.310 e. The van der Waals surface area contributed by atoms with Gasteiger partial charge in [-0.25, -0.2) is 0 Å². The number of hydrogen-bond donors (Lipinski definition) is 1. The van der Waals surface area contributed by atoms with Crippen LogP contribution in [0.2, 0.25) is 0 Å². The van der Waals surface area contributed by atoms with Gasteiger partial charge in [0.05, 0.1) is 6.20 Å². The second-order valence-electron chi connectivity index (χ2n) is 3.89. The molecule has 1 aliphatic carbocycles. The maximum absolute atomic E-state index is 4.21. The molecule has 72 valence electrons. The molecule has 0 bridgehead atoms. The number of aromatic nitrogens is 2. The van der Waals surface area contributed by atoms with Crippen molar-refractivity contribution in [2.75, 3.05) is 0 Å². The monoisotopic (exact) mass is 179 g/mol. The van der Waals surface area contributed by atoms with E-state index in [4.69, 9.17) is 0 Å². The Morgan fingerprint density at radius 3 is 2.85 bits per heavy atom. The lowest BCUT2D eigenvalue weighted by molar-refractivity contribution is 0.338. The Bertz CT molecular complexity index is 286. The molecule has 1 heterocycles. The van der Waals surface area contributed by atoms with Crippen molar-refractivity contribution < 1.29 is 0 Å². The summed E-state index contributed by atoms with van der Waals surface area (Å²) in [6.45, 7) is 3.09. The zero-order valence-corrected chi connectivity index (χ0v) is 8.38. The molecule has 0 unspecified atom stereocenters. The summed E-state index contributed by atoms with van der Waals surface area (Å²) < 4.78 is 1.93. The van der Waals surface area contributed by atoms with Gasteiger partial charge in [0.15, 0.2) is 0 Å². The van der Waals surface area contributed by atoms with E-state index in [1.807, 2.05) is 17.9 Å². The minimum absolute atomic E-state index is 0.764. The Kier molecular flexibility index (Phi) is 2.36. The Balaban J connectivity index is 1.89. The number of hydrogen-bond acceptors (Lipinski definition) is 2. The fraction of sp³-hybridized carbons (Fsp3) is 0.700. The van der Waals surface area contributed by atoms with Crippen LogP contribution in [0.1, 0.15) is 30.5 Å². The molecule has 2 rings (SSSR count). The number of nitrogens with zero attached hydrogens (tertiary/aromatic N) is 2. The van der Waals surface area contributed by atoms with E-state index >= 15 is 0 Å². The van der Waals surface area contributed by atoms with Crippen molar-refractivity contribution in [2.45, 2.75) is 38.8 Å². The van der Waals surface area contributed by atoms with Gasteiger partial charge in [-0.15, -0.1) is 0 Å². The van der Waals surface area contributed by atoms with Crippen molar-refractivity contribution in [3.05, 3.63) is 17.5 Å². The molecule has 1 aliphatic rings. The van der Waals surface area contributed by atoms with E-state index in [9.17, 15) is 0 Å². The number of aryl methyl sites for hydroxylation is 1. The van der Waals surface area contributed by atoms with Crippen LogP contribution in [0.25, 0.3) is 0 Å². The molecule has 0 amide bonds. The van der Waals surface area contributed by atoms with Gasteiger partial charge in [0.2, 0.25) is 0 Å². The SMILES string of the molecule is Cc1c(CNC2CCC2)cnn1C. The van der Waals surface area contributed by atoms with Crippen LogP contribution in [0, 0.1) is 6.92 Å². The van der Waals surface area contributed by atoms with Crippen molar-refractivity contribution >= 4 is 0 Å². The lowest BCUT2D eigenvalue weighted by atomic mass is 9.93. The first-order valence-electron chi connectivity index (χ1n) is 4.98. The minimum atomic E-state index is 0.764. The Labute approximate surface area is 79.1 Å². The van der Waals surface area contributed by atoms with Gasteiger partial charge in [-0.2, -0.15) is 5.10 Å². The zero-order valence-electron chi connectivity index (χ0n) is 8.38. The molecule has 0 spiro atoms. The maximum Gasteiger partial charge on any atom is 0.0537 e.